The molecule has 6 nitrogen and oxygen atoms in total. The normalized spacial score (nSPS) is 18.2. The lowest BCUT2D eigenvalue weighted by Gasteiger charge is -2.39. The van der Waals surface area contributed by atoms with Crippen molar-refractivity contribution in [3.05, 3.63) is 76.9 Å². The number of carbonyl (C=O) groups excluding carboxylic acids is 3. The predicted molar refractivity (Wildman–Crippen MR) is 116 cm³/mol. The van der Waals surface area contributed by atoms with Gasteiger partial charge < -0.3 is 15.1 Å². The zero-order chi connectivity index (χ0) is 21.5. The van der Waals surface area contributed by atoms with Gasteiger partial charge in [-0.15, -0.1) is 11.3 Å². The molecule has 5 rings (SSSR count). The summed E-state index contributed by atoms with van der Waals surface area (Å²) in [6.45, 7) is 0.546. The SMILES string of the molecule is O=C1Nc2ccc(-c3cccs3)cc2C(=O)N2CCN(C(=O)c3cccc(F)c3)C[C@H]12. The van der Waals surface area contributed by atoms with Crippen molar-refractivity contribution >= 4 is 34.7 Å². The van der Waals surface area contributed by atoms with E-state index in [0.29, 0.717) is 11.3 Å². The van der Waals surface area contributed by atoms with Crippen LogP contribution in [0, 0.1) is 5.82 Å². The van der Waals surface area contributed by atoms with Crippen LogP contribution in [0.1, 0.15) is 20.7 Å². The molecule has 0 bridgehead atoms. The number of amides is 3. The number of nitrogens with zero attached hydrogens (tertiary/aromatic N) is 2. The molecule has 1 atom stereocenters. The largest absolute Gasteiger partial charge is 0.334 e. The number of nitrogens with one attached hydrogen (secondary N) is 1. The van der Waals surface area contributed by atoms with E-state index in [9.17, 15) is 18.8 Å². The molecule has 0 aliphatic carbocycles. The molecule has 0 saturated carbocycles. The van der Waals surface area contributed by atoms with E-state index in [0.717, 1.165) is 10.4 Å². The Morgan fingerprint density at radius 3 is 2.71 bits per heavy atom. The number of thiophene rings is 1. The topological polar surface area (TPSA) is 69.7 Å². The van der Waals surface area contributed by atoms with E-state index in [4.69, 9.17) is 0 Å². The molecule has 156 valence electrons. The van der Waals surface area contributed by atoms with Crippen LogP contribution in [0.3, 0.4) is 0 Å². The monoisotopic (exact) mass is 435 g/mol. The van der Waals surface area contributed by atoms with Crippen molar-refractivity contribution in [2.24, 2.45) is 0 Å². The Hall–Kier alpha value is -3.52. The highest BCUT2D eigenvalue weighted by atomic mass is 32.1. The van der Waals surface area contributed by atoms with E-state index in [1.165, 1.54) is 34.1 Å². The molecule has 31 heavy (non-hydrogen) atoms. The van der Waals surface area contributed by atoms with Crippen LogP contribution in [0.5, 0.6) is 0 Å². The van der Waals surface area contributed by atoms with Gasteiger partial charge in [-0.1, -0.05) is 18.2 Å². The Kier molecular flexibility index (Phi) is 4.78. The zero-order valence-electron chi connectivity index (χ0n) is 16.4. The Bertz CT molecular complexity index is 1190. The molecule has 2 aromatic carbocycles. The quantitative estimate of drug-likeness (QED) is 0.670. The second-order valence-electron chi connectivity index (χ2n) is 7.50. The van der Waals surface area contributed by atoms with Gasteiger partial charge in [-0.2, -0.15) is 0 Å². The first-order chi connectivity index (χ1) is 15.0. The molecule has 2 aliphatic rings. The van der Waals surface area contributed by atoms with E-state index < -0.39 is 11.9 Å². The molecule has 3 amide bonds. The summed E-state index contributed by atoms with van der Waals surface area (Å²) in [5.41, 5.74) is 2.03. The number of fused-ring (bicyclic) bond motifs is 2. The molecular weight excluding hydrogens is 417 g/mol. The van der Waals surface area contributed by atoms with E-state index >= 15 is 0 Å². The molecule has 0 spiro atoms. The molecule has 1 saturated heterocycles. The van der Waals surface area contributed by atoms with Gasteiger partial charge >= 0.3 is 0 Å². The lowest BCUT2D eigenvalue weighted by Crippen LogP contribution is -2.59. The van der Waals surface area contributed by atoms with Gasteiger partial charge in [0.1, 0.15) is 11.9 Å². The zero-order valence-corrected chi connectivity index (χ0v) is 17.2. The molecule has 3 aromatic rings. The van der Waals surface area contributed by atoms with Gasteiger partial charge in [0.05, 0.1) is 17.8 Å². The number of benzene rings is 2. The number of anilines is 1. The predicted octanol–water partition coefficient (Wildman–Crippen LogP) is 3.47. The Labute approximate surface area is 181 Å². The molecule has 2 aliphatic heterocycles. The van der Waals surface area contributed by atoms with Crippen molar-refractivity contribution in [3.8, 4) is 10.4 Å². The molecule has 0 unspecified atom stereocenters. The average Bonchev–Trinajstić information content (AvgIpc) is 3.30. The third kappa shape index (κ3) is 3.48. The molecule has 3 heterocycles. The van der Waals surface area contributed by atoms with Crippen molar-refractivity contribution in [1.82, 2.24) is 9.80 Å². The van der Waals surface area contributed by atoms with Gasteiger partial charge in [-0.05, 0) is 47.3 Å². The first-order valence-electron chi connectivity index (χ1n) is 9.86. The first kappa shape index (κ1) is 19.4. The minimum absolute atomic E-state index is 0.0543. The van der Waals surface area contributed by atoms with Crippen molar-refractivity contribution in [2.75, 3.05) is 25.0 Å². The Morgan fingerprint density at radius 1 is 1.06 bits per heavy atom. The van der Waals surface area contributed by atoms with Crippen molar-refractivity contribution < 1.29 is 18.8 Å². The van der Waals surface area contributed by atoms with Gasteiger partial charge in [0, 0.05) is 23.5 Å². The highest BCUT2D eigenvalue weighted by Gasteiger charge is 2.40. The maximum absolute atomic E-state index is 13.5. The second-order valence-corrected chi connectivity index (χ2v) is 8.45. The molecule has 8 heteroatoms. The highest BCUT2D eigenvalue weighted by Crippen LogP contribution is 2.32. The van der Waals surface area contributed by atoms with Crippen LogP contribution in [0.15, 0.2) is 60.0 Å². The second kappa shape index (κ2) is 7.63. The van der Waals surface area contributed by atoms with Crippen LogP contribution >= 0.6 is 11.3 Å². The summed E-state index contributed by atoms with van der Waals surface area (Å²) in [6, 6.07) is 14.0. The van der Waals surface area contributed by atoms with Gasteiger partial charge in [0.25, 0.3) is 11.8 Å². The van der Waals surface area contributed by atoms with Crippen LogP contribution in [0.2, 0.25) is 0 Å². The minimum atomic E-state index is -0.809. The third-order valence-corrected chi connectivity index (χ3v) is 6.54. The summed E-state index contributed by atoms with van der Waals surface area (Å²) >= 11 is 1.58. The fraction of sp³-hybridized carbons (Fsp3) is 0.174. The molecule has 0 radical (unpaired) electrons. The molecule has 1 fully saturated rings. The number of hydrogen-bond donors (Lipinski definition) is 1. The summed E-state index contributed by atoms with van der Waals surface area (Å²) in [4.78, 5) is 43.1. The van der Waals surface area contributed by atoms with Gasteiger partial charge in [0.15, 0.2) is 0 Å². The van der Waals surface area contributed by atoms with Gasteiger partial charge in [-0.25, -0.2) is 4.39 Å². The van der Waals surface area contributed by atoms with E-state index in [1.54, 1.807) is 23.5 Å². The van der Waals surface area contributed by atoms with Crippen LogP contribution < -0.4 is 5.32 Å². The van der Waals surface area contributed by atoms with Crippen LogP contribution in [0.25, 0.3) is 10.4 Å². The van der Waals surface area contributed by atoms with Gasteiger partial charge in [-0.3, -0.25) is 14.4 Å². The summed E-state index contributed by atoms with van der Waals surface area (Å²) in [7, 11) is 0. The number of piperazine rings is 1. The van der Waals surface area contributed by atoms with E-state index in [1.807, 2.05) is 23.6 Å². The van der Waals surface area contributed by atoms with Crippen LogP contribution in [0.4, 0.5) is 10.1 Å². The summed E-state index contributed by atoms with van der Waals surface area (Å²) in [5, 5.41) is 4.80. The maximum atomic E-state index is 13.5. The standard InChI is InChI=1S/C23H18FN3O3S/c24-16-4-1-3-15(11-16)22(29)26-8-9-27-19(13-26)21(28)25-18-7-6-14(12-17(18)23(27)30)20-5-2-10-31-20/h1-7,10-12,19H,8-9,13H2,(H,25,28)/t19-/m1/s1. The number of carbonyl (C=O) groups is 3. The maximum Gasteiger partial charge on any atom is 0.256 e. The fourth-order valence-corrected chi connectivity index (χ4v) is 4.76. The van der Waals surface area contributed by atoms with E-state index in [2.05, 4.69) is 5.32 Å². The molecule has 1 N–H and O–H groups in total. The fourth-order valence-electron chi connectivity index (χ4n) is 4.04. The minimum Gasteiger partial charge on any atom is -0.334 e. The van der Waals surface area contributed by atoms with Crippen molar-refractivity contribution in [2.45, 2.75) is 6.04 Å². The van der Waals surface area contributed by atoms with Crippen LogP contribution in [-0.2, 0) is 4.79 Å². The number of rotatable bonds is 2. The third-order valence-electron chi connectivity index (χ3n) is 5.62. The summed E-state index contributed by atoms with van der Waals surface area (Å²) < 4.78 is 13.5. The lowest BCUT2D eigenvalue weighted by atomic mass is 10.1. The lowest BCUT2D eigenvalue weighted by molar-refractivity contribution is -0.121. The highest BCUT2D eigenvalue weighted by molar-refractivity contribution is 7.13. The first-order valence-corrected chi connectivity index (χ1v) is 10.7. The summed E-state index contributed by atoms with van der Waals surface area (Å²) in [6.07, 6.45) is 0. The van der Waals surface area contributed by atoms with E-state index in [-0.39, 0.29) is 42.9 Å². The average molecular weight is 435 g/mol. The Morgan fingerprint density at radius 2 is 1.94 bits per heavy atom. The Balaban J connectivity index is 1.43. The molecule has 1 aromatic heterocycles. The summed E-state index contributed by atoms with van der Waals surface area (Å²) in [5.74, 6) is -1.44. The molecular formula is C23H18FN3O3S. The van der Waals surface area contributed by atoms with Crippen molar-refractivity contribution in [1.29, 1.82) is 0 Å². The number of halogens is 1. The van der Waals surface area contributed by atoms with Gasteiger partial charge in [0.2, 0.25) is 5.91 Å². The number of hydrogen-bond acceptors (Lipinski definition) is 4. The van der Waals surface area contributed by atoms with Crippen LogP contribution in [-0.4, -0.2) is 53.2 Å². The smallest absolute Gasteiger partial charge is 0.256 e. The van der Waals surface area contributed by atoms with Crippen molar-refractivity contribution in [3.63, 3.8) is 0 Å².